The van der Waals surface area contributed by atoms with E-state index in [2.05, 4.69) is 20.9 Å². The van der Waals surface area contributed by atoms with Crippen molar-refractivity contribution in [2.45, 2.75) is 5.92 Å². The molecule has 0 aliphatic rings. The van der Waals surface area contributed by atoms with Crippen molar-refractivity contribution in [1.82, 2.24) is 4.98 Å². The first kappa shape index (κ1) is 9.68. The Kier molecular flexibility index (Phi) is 2.98. The van der Waals surface area contributed by atoms with E-state index >= 15 is 0 Å². The number of nitriles is 1. The number of pyridine rings is 1. The first-order chi connectivity index (χ1) is 6.15. The van der Waals surface area contributed by atoms with Crippen molar-refractivity contribution in [3.05, 3.63) is 28.5 Å². The molecule has 0 saturated heterocycles. The van der Waals surface area contributed by atoms with Crippen LogP contribution in [0, 0.1) is 11.3 Å². The van der Waals surface area contributed by atoms with Crippen molar-refractivity contribution in [3.8, 4) is 6.07 Å². The topological polar surface area (TPSA) is 74.0 Å². The van der Waals surface area contributed by atoms with Gasteiger partial charge in [0.2, 0.25) is 0 Å². The lowest BCUT2D eigenvalue weighted by molar-refractivity contribution is -0.137. The summed E-state index contributed by atoms with van der Waals surface area (Å²) in [5.74, 6) is -2.37. The van der Waals surface area contributed by atoms with Gasteiger partial charge in [-0.2, -0.15) is 5.26 Å². The molecule has 0 bridgehead atoms. The Bertz CT molecular complexity index is 355. The van der Waals surface area contributed by atoms with Crippen LogP contribution in [0.5, 0.6) is 0 Å². The molecule has 1 rings (SSSR count). The first-order valence-corrected chi connectivity index (χ1v) is 4.18. The van der Waals surface area contributed by atoms with Crippen molar-refractivity contribution in [2.75, 3.05) is 0 Å². The van der Waals surface area contributed by atoms with Crippen LogP contribution in [0.15, 0.2) is 22.8 Å². The second kappa shape index (κ2) is 4.01. The molecule has 1 heterocycles. The molecular weight excluding hydrogens is 236 g/mol. The third kappa shape index (κ3) is 2.26. The molecule has 4 nitrogen and oxygen atoms in total. The van der Waals surface area contributed by atoms with Gasteiger partial charge in [0, 0.05) is 10.7 Å². The molecule has 0 unspecified atom stereocenters. The predicted molar refractivity (Wildman–Crippen MR) is 47.9 cm³/mol. The van der Waals surface area contributed by atoms with Crippen molar-refractivity contribution in [1.29, 1.82) is 5.26 Å². The van der Waals surface area contributed by atoms with Crippen LogP contribution in [-0.4, -0.2) is 16.1 Å². The number of aromatic nitrogens is 1. The maximum Gasteiger partial charge on any atom is 0.327 e. The van der Waals surface area contributed by atoms with E-state index in [9.17, 15) is 4.79 Å². The molecule has 0 saturated carbocycles. The lowest BCUT2D eigenvalue weighted by atomic mass is 10.1. The van der Waals surface area contributed by atoms with Crippen molar-refractivity contribution in [2.24, 2.45) is 0 Å². The summed E-state index contributed by atoms with van der Waals surface area (Å²) in [5.41, 5.74) is 0.248. The smallest absolute Gasteiger partial charge is 0.327 e. The number of halogens is 1. The van der Waals surface area contributed by atoms with Crippen LogP contribution in [0.25, 0.3) is 0 Å². The summed E-state index contributed by atoms with van der Waals surface area (Å²) in [4.78, 5) is 14.4. The van der Waals surface area contributed by atoms with E-state index in [1.165, 1.54) is 12.3 Å². The number of rotatable bonds is 2. The zero-order valence-corrected chi connectivity index (χ0v) is 8.02. The molecule has 0 aliphatic carbocycles. The zero-order valence-electron chi connectivity index (χ0n) is 6.44. The molecule has 5 heteroatoms. The molecule has 0 spiro atoms. The van der Waals surface area contributed by atoms with Gasteiger partial charge in [0.05, 0.1) is 11.8 Å². The maximum atomic E-state index is 10.5. The fraction of sp³-hybridized carbons (Fsp3) is 0.125. The minimum Gasteiger partial charge on any atom is -0.480 e. The summed E-state index contributed by atoms with van der Waals surface area (Å²) < 4.78 is 0.748. The van der Waals surface area contributed by atoms with Gasteiger partial charge in [0.15, 0.2) is 5.92 Å². The van der Waals surface area contributed by atoms with Crippen molar-refractivity contribution < 1.29 is 9.90 Å². The molecule has 1 aromatic heterocycles. The highest BCUT2D eigenvalue weighted by Crippen LogP contribution is 2.15. The number of nitrogens with zero attached hydrogens (tertiary/aromatic N) is 2. The second-order valence-corrected chi connectivity index (χ2v) is 3.22. The van der Waals surface area contributed by atoms with Gasteiger partial charge in [-0.15, -0.1) is 0 Å². The average molecular weight is 241 g/mol. The summed E-state index contributed by atoms with van der Waals surface area (Å²) in [5, 5.41) is 17.2. The number of hydrogen-bond acceptors (Lipinski definition) is 3. The number of aliphatic carboxylic acids is 1. The molecule has 1 N–H and O–H groups in total. The summed E-state index contributed by atoms with van der Waals surface area (Å²) in [6.45, 7) is 0. The van der Waals surface area contributed by atoms with Gasteiger partial charge in [-0.3, -0.25) is 9.78 Å². The normalized spacial score (nSPS) is 11.7. The molecule has 1 atom stereocenters. The van der Waals surface area contributed by atoms with E-state index in [0.29, 0.717) is 0 Å². The Morgan fingerprint density at radius 3 is 2.77 bits per heavy atom. The highest BCUT2D eigenvalue weighted by molar-refractivity contribution is 9.10. The van der Waals surface area contributed by atoms with Crippen LogP contribution in [0.1, 0.15) is 11.6 Å². The van der Waals surface area contributed by atoms with Crippen LogP contribution in [-0.2, 0) is 4.79 Å². The standard InChI is InChI=1S/C8H5BrN2O2/c9-5-1-2-7(11-4-5)6(3-10)8(12)13/h1-2,4,6H,(H,12,13)/t6-/m0/s1. The van der Waals surface area contributed by atoms with Gasteiger partial charge in [0.25, 0.3) is 0 Å². The van der Waals surface area contributed by atoms with E-state index in [1.807, 2.05) is 0 Å². The van der Waals surface area contributed by atoms with Crippen LogP contribution >= 0.6 is 15.9 Å². The molecule has 1 aromatic rings. The van der Waals surface area contributed by atoms with Crippen LogP contribution in [0.4, 0.5) is 0 Å². The minimum atomic E-state index is -1.19. The van der Waals surface area contributed by atoms with Gasteiger partial charge in [-0.1, -0.05) is 0 Å². The largest absolute Gasteiger partial charge is 0.480 e. The monoisotopic (exact) mass is 240 g/mol. The lowest BCUT2D eigenvalue weighted by Gasteiger charge is -2.01. The molecule has 0 aliphatic heterocycles. The fourth-order valence-electron chi connectivity index (χ4n) is 0.806. The highest BCUT2D eigenvalue weighted by atomic mass is 79.9. The molecule has 13 heavy (non-hydrogen) atoms. The molecule has 0 aromatic carbocycles. The van der Waals surface area contributed by atoms with Gasteiger partial charge in [-0.05, 0) is 28.1 Å². The number of carbonyl (C=O) groups is 1. The second-order valence-electron chi connectivity index (χ2n) is 2.30. The lowest BCUT2D eigenvalue weighted by Crippen LogP contribution is -2.10. The van der Waals surface area contributed by atoms with Crippen LogP contribution in [0.3, 0.4) is 0 Å². The Balaban J connectivity index is 3.01. The summed E-state index contributed by atoms with van der Waals surface area (Å²) >= 11 is 3.16. The SMILES string of the molecule is N#C[C@H](C(=O)O)c1ccc(Br)cn1. The number of carboxylic acids is 1. The quantitative estimate of drug-likeness (QED) is 0.851. The number of hydrogen-bond donors (Lipinski definition) is 1. The van der Waals surface area contributed by atoms with E-state index in [4.69, 9.17) is 10.4 Å². The third-order valence-corrected chi connectivity index (χ3v) is 1.89. The van der Waals surface area contributed by atoms with E-state index in [0.717, 1.165) is 4.47 Å². The Morgan fingerprint density at radius 2 is 2.38 bits per heavy atom. The summed E-state index contributed by atoms with van der Waals surface area (Å²) in [6, 6.07) is 4.81. The van der Waals surface area contributed by atoms with Gasteiger partial charge >= 0.3 is 5.97 Å². The predicted octanol–water partition coefficient (Wildman–Crippen LogP) is 1.54. The number of carboxylic acid groups (broad SMARTS) is 1. The zero-order chi connectivity index (χ0) is 9.84. The molecule has 0 radical (unpaired) electrons. The Morgan fingerprint density at radius 1 is 1.69 bits per heavy atom. The van der Waals surface area contributed by atoms with E-state index < -0.39 is 11.9 Å². The highest BCUT2D eigenvalue weighted by Gasteiger charge is 2.19. The van der Waals surface area contributed by atoms with Crippen molar-refractivity contribution in [3.63, 3.8) is 0 Å². The molecular formula is C8H5BrN2O2. The summed E-state index contributed by atoms with van der Waals surface area (Å²) in [7, 11) is 0. The third-order valence-electron chi connectivity index (χ3n) is 1.42. The Hall–Kier alpha value is -1.41. The first-order valence-electron chi connectivity index (χ1n) is 3.39. The average Bonchev–Trinajstić information content (AvgIpc) is 2.09. The van der Waals surface area contributed by atoms with Gasteiger partial charge in [-0.25, -0.2) is 0 Å². The minimum absolute atomic E-state index is 0.248. The fourth-order valence-corrected chi connectivity index (χ4v) is 1.04. The molecule has 66 valence electrons. The molecule has 0 amide bonds. The van der Waals surface area contributed by atoms with E-state index in [-0.39, 0.29) is 5.69 Å². The van der Waals surface area contributed by atoms with Crippen LogP contribution < -0.4 is 0 Å². The Labute approximate surface area is 83.0 Å². The van der Waals surface area contributed by atoms with E-state index in [1.54, 1.807) is 12.1 Å². The van der Waals surface area contributed by atoms with Crippen LogP contribution in [0.2, 0.25) is 0 Å². The maximum absolute atomic E-state index is 10.5. The molecule has 0 fully saturated rings. The van der Waals surface area contributed by atoms with Crippen molar-refractivity contribution >= 4 is 21.9 Å². The van der Waals surface area contributed by atoms with Gasteiger partial charge in [0.1, 0.15) is 0 Å². The summed E-state index contributed by atoms with van der Waals surface area (Å²) in [6.07, 6.45) is 1.46. The van der Waals surface area contributed by atoms with Gasteiger partial charge < -0.3 is 5.11 Å².